The molecule has 1 aliphatic heterocycles. The first kappa shape index (κ1) is 8.55. The molecule has 0 amide bonds. The molecule has 1 rings (SSSR count). The van der Waals surface area contributed by atoms with Crippen molar-refractivity contribution < 1.29 is 19.1 Å². The number of rotatable bonds is 2. The van der Waals surface area contributed by atoms with Crippen molar-refractivity contribution in [1.82, 2.24) is 0 Å². The van der Waals surface area contributed by atoms with Crippen molar-refractivity contribution in [3.05, 3.63) is 0 Å². The van der Waals surface area contributed by atoms with Crippen LogP contribution in [0.15, 0.2) is 0 Å². The Morgan fingerprint density at radius 3 is 3.09 bits per heavy atom. The van der Waals surface area contributed by atoms with Crippen LogP contribution < -0.4 is 0 Å². The average Bonchev–Trinajstić information content (AvgIpc) is 2.06. The Kier molecular flexibility index (Phi) is 3.38. The van der Waals surface area contributed by atoms with E-state index in [-0.39, 0.29) is 6.29 Å². The molecule has 5 heteroatoms. The fourth-order valence-corrected chi connectivity index (χ4v) is 1.43. The molecule has 1 fully saturated rings. The van der Waals surface area contributed by atoms with Crippen LogP contribution in [0.1, 0.15) is 0 Å². The molecule has 0 aromatic rings. The van der Waals surface area contributed by atoms with Crippen LogP contribution >= 0.6 is 11.8 Å². The zero-order valence-corrected chi connectivity index (χ0v) is 6.63. The van der Waals surface area contributed by atoms with Gasteiger partial charge >= 0.3 is 5.97 Å². The molecule has 62 valence electrons. The molecule has 11 heavy (non-hydrogen) atoms. The summed E-state index contributed by atoms with van der Waals surface area (Å²) >= 11 is 1.64. The minimum atomic E-state index is -0.863. The number of esters is 1. The zero-order chi connectivity index (χ0) is 8.10. The van der Waals surface area contributed by atoms with Crippen molar-refractivity contribution in [2.75, 3.05) is 18.1 Å². The van der Waals surface area contributed by atoms with E-state index in [0.717, 1.165) is 5.75 Å². The normalized spacial score (nSPS) is 24.2. The van der Waals surface area contributed by atoms with E-state index in [2.05, 4.69) is 4.74 Å². The van der Waals surface area contributed by atoms with Gasteiger partial charge in [-0.25, -0.2) is 4.79 Å². The molecular weight excluding hydrogens is 168 g/mol. The summed E-state index contributed by atoms with van der Waals surface area (Å²) in [4.78, 5) is 20.2. The second kappa shape index (κ2) is 4.35. The van der Waals surface area contributed by atoms with E-state index in [0.29, 0.717) is 12.4 Å². The van der Waals surface area contributed by atoms with Gasteiger partial charge in [-0.05, 0) is 0 Å². The summed E-state index contributed by atoms with van der Waals surface area (Å²) in [6, 6.07) is 0. The fraction of sp³-hybridized carbons (Fsp3) is 0.667. The maximum Gasteiger partial charge on any atom is 0.373 e. The SMILES string of the molecule is O=CC(=O)OC1CSCCO1. The van der Waals surface area contributed by atoms with Crippen molar-refractivity contribution in [3.8, 4) is 0 Å². The molecule has 1 heterocycles. The van der Waals surface area contributed by atoms with Crippen LogP contribution in [0.25, 0.3) is 0 Å². The van der Waals surface area contributed by atoms with Gasteiger partial charge in [0.2, 0.25) is 12.6 Å². The largest absolute Gasteiger partial charge is 0.429 e. The van der Waals surface area contributed by atoms with E-state index in [1.54, 1.807) is 11.8 Å². The zero-order valence-electron chi connectivity index (χ0n) is 5.82. The number of carbonyl (C=O) groups excluding carboxylic acids is 2. The van der Waals surface area contributed by atoms with E-state index in [9.17, 15) is 9.59 Å². The summed E-state index contributed by atoms with van der Waals surface area (Å²) in [5, 5.41) is 0. The number of thioether (sulfide) groups is 1. The standard InChI is InChI=1S/C6H8O4S/c7-3-5(8)10-6-4-11-2-1-9-6/h3,6H,1-2,4H2. The Balaban J connectivity index is 2.24. The smallest absolute Gasteiger partial charge is 0.373 e. The highest BCUT2D eigenvalue weighted by atomic mass is 32.2. The highest BCUT2D eigenvalue weighted by Crippen LogP contribution is 2.12. The first-order chi connectivity index (χ1) is 5.33. The molecule has 1 atom stereocenters. The van der Waals surface area contributed by atoms with Crippen LogP contribution in [-0.2, 0) is 19.1 Å². The minimum absolute atomic E-state index is 0.142. The average molecular weight is 176 g/mol. The molecule has 0 N–H and O–H groups in total. The van der Waals surface area contributed by atoms with Gasteiger partial charge in [0.25, 0.3) is 0 Å². The Morgan fingerprint density at radius 2 is 2.55 bits per heavy atom. The third-order valence-electron chi connectivity index (χ3n) is 1.13. The predicted molar refractivity (Wildman–Crippen MR) is 39.2 cm³/mol. The first-order valence-corrected chi connectivity index (χ1v) is 4.33. The topological polar surface area (TPSA) is 52.6 Å². The van der Waals surface area contributed by atoms with Gasteiger partial charge in [-0.2, -0.15) is 11.8 Å². The summed E-state index contributed by atoms with van der Waals surface area (Å²) in [5.41, 5.74) is 0. The molecule has 0 saturated carbocycles. The van der Waals surface area contributed by atoms with E-state index >= 15 is 0 Å². The Morgan fingerprint density at radius 1 is 1.73 bits per heavy atom. The summed E-state index contributed by atoms with van der Waals surface area (Å²) in [6.07, 6.45) is -0.394. The molecule has 0 radical (unpaired) electrons. The molecule has 1 saturated heterocycles. The summed E-state index contributed by atoms with van der Waals surface area (Å²) in [5.74, 6) is 0.659. The van der Waals surface area contributed by atoms with E-state index in [4.69, 9.17) is 4.74 Å². The molecule has 4 nitrogen and oxygen atoms in total. The molecule has 0 aromatic heterocycles. The van der Waals surface area contributed by atoms with Gasteiger partial charge in [-0.1, -0.05) is 0 Å². The maximum atomic E-state index is 10.4. The molecule has 0 aliphatic carbocycles. The third kappa shape index (κ3) is 2.90. The summed E-state index contributed by atoms with van der Waals surface area (Å²) in [6.45, 7) is 0.571. The molecular formula is C6H8O4S. The van der Waals surface area contributed by atoms with Crippen LogP contribution in [0, 0.1) is 0 Å². The number of aldehydes is 1. The lowest BCUT2D eigenvalue weighted by Gasteiger charge is -2.20. The van der Waals surface area contributed by atoms with Crippen molar-refractivity contribution in [1.29, 1.82) is 0 Å². The number of hydrogen-bond acceptors (Lipinski definition) is 5. The fourth-order valence-electron chi connectivity index (χ4n) is 0.692. The third-order valence-corrected chi connectivity index (χ3v) is 2.09. The van der Waals surface area contributed by atoms with E-state index < -0.39 is 12.3 Å². The second-order valence-electron chi connectivity index (χ2n) is 1.93. The predicted octanol–water partition coefficient (Wildman–Crippen LogP) is -0.182. The number of ether oxygens (including phenoxy) is 2. The van der Waals surface area contributed by atoms with Gasteiger partial charge in [0.1, 0.15) is 0 Å². The molecule has 0 aromatic carbocycles. The molecule has 0 spiro atoms. The summed E-state index contributed by atoms with van der Waals surface area (Å²) in [7, 11) is 0. The lowest BCUT2D eigenvalue weighted by Crippen LogP contribution is -2.28. The Labute approximate surface area is 68.2 Å². The van der Waals surface area contributed by atoms with Gasteiger partial charge in [-0.3, -0.25) is 4.79 Å². The first-order valence-electron chi connectivity index (χ1n) is 3.18. The van der Waals surface area contributed by atoms with Gasteiger partial charge in [0.05, 0.1) is 12.4 Å². The maximum absolute atomic E-state index is 10.4. The quantitative estimate of drug-likeness (QED) is 0.332. The number of hydrogen-bond donors (Lipinski definition) is 0. The van der Waals surface area contributed by atoms with Gasteiger partial charge in [-0.15, -0.1) is 0 Å². The Hall–Kier alpha value is -0.550. The Bertz CT molecular complexity index is 153. The van der Waals surface area contributed by atoms with Gasteiger partial charge in [0, 0.05) is 5.75 Å². The molecule has 0 bridgehead atoms. The number of carbonyl (C=O) groups is 2. The van der Waals surface area contributed by atoms with Crippen LogP contribution in [0.4, 0.5) is 0 Å². The van der Waals surface area contributed by atoms with Gasteiger partial charge < -0.3 is 9.47 Å². The highest BCUT2D eigenvalue weighted by molar-refractivity contribution is 7.99. The van der Waals surface area contributed by atoms with Crippen molar-refractivity contribution in [2.45, 2.75) is 6.29 Å². The molecule has 1 aliphatic rings. The van der Waals surface area contributed by atoms with E-state index in [1.165, 1.54) is 0 Å². The van der Waals surface area contributed by atoms with Crippen LogP contribution in [0.2, 0.25) is 0 Å². The van der Waals surface area contributed by atoms with Crippen LogP contribution in [0.3, 0.4) is 0 Å². The molecule has 1 unspecified atom stereocenters. The van der Waals surface area contributed by atoms with Crippen LogP contribution in [-0.4, -0.2) is 36.7 Å². The van der Waals surface area contributed by atoms with Crippen molar-refractivity contribution in [2.24, 2.45) is 0 Å². The monoisotopic (exact) mass is 176 g/mol. The lowest BCUT2D eigenvalue weighted by molar-refractivity contribution is -0.173. The van der Waals surface area contributed by atoms with Gasteiger partial charge in [0.15, 0.2) is 0 Å². The van der Waals surface area contributed by atoms with E-state index in [1.807, 2.05) is 0 Å². The minimum Gasteiger partial charge on any atom is -0.429 e. The lowest BCUT2D eigenvalue weighted by atomic mass is 10.6. The van der Waals surface area contributed by atoms with Crippen molar-refractivity contribution >= 4 is 24.0 Å². The highest BCUT2D eigenvalue weighted by Gasteiger charge is 2.17. The van der Waals surface area contributed by atoms with Crippen molar-refractivity contribution in [3.63, 3.8) is 0 Å². The summed E-state index contributed by atoms with van der Waals surface area (Å²) < 4.78 is 9.62. The second-order valence-corrected chi connectivity index (χ2v) is 3.08. The van der Waals surface area contributed by atoms with Crippen LogP contribution in [0.5, 0.6) is 0 Å².